The van der Waals surface area contributed by atoms with Gasteiger partial charge >= 0.3 is 0 Å². The zero-order chi connectivity index (χ0) is 15.1. The van der Waals surface area contributed by atoms with Crippen molar-refractivity contribution >= 4 is 0 Å². The third kappa shape index (κ3) is 5.40. The van der Waals surface area contributed by atoms with Gasteiger partial charge in [0.15, 0.2) is 0 Å². The van der Waals surface area contributed by atoms with E-state index in [1.807, 2.05) is 13.0 Å². The number of hydrogen-bond acceptors (Lipinski definition) is 2. The second kappa shape index (κ2) is 8.50. The van der Waals surface area contributed by atoms with Crippen molar-refractivity contribution in [3.05, 3.63) is 35.1 Å². The molecule has 0 saturated carbocycles. The summed E-state index contributed by atoms with van der Waals surface area (Å²) in [6.45, 7) is 6.15. The molecule has 0 spiro atoms. The van der Waals surface area contributed by atoms with Gasteiger partial charge in [-0.15, -0.1) is 0 Å². The van der Waals surface area contributed by atoms with Gasteiger partial charge in [-0.25, -0.2) is 4.39 Å². The molecule has 0 amide bonds. The molecule has 118 valence electrons. The maximum Gasteiger partial charge on any atom is 0.123 e. The first kappa shape index (κ1) is 16.4. The van der Waals surface area contributed by atoms with Crippen molar-refractivity contribution in [2.24, 2.45) is 0 Å². The Kier molecular flexibility index (Phi) is 6.65. The fraction of sp³-hybridized carbons (Fsp3) is 0.667. The van der Waals surface area contributed by atoms with Crippen LogP contribution in [0.25, 0.3) is 0 Å². The van der Waals surface area contributed by atoms with E-state index in [0.717, 1.165) is 44.4 Å². The summed E-state index contributed by atoms with van der Waals surface area (Å²) in [7, 11) is 0. The number of halogens is 1. The predicted octanol–water partition coefficient (Wildman–Crippen LogP) is 4.00. The summed E-state index contributed by atoms with van der Waals surface area (Å²) >= 11 is 0. The van der Waals surface area contributed by atoms with E-state index in [0.29, 0.717) is 12.1 Å². The molecular weight excluding hydrogens is 265 g/mol. The molecule has 1 fully saturated rings. The van der Waals surface area contributed by atoms with E-state index >= 15 is 0 Å². The quantitative estimate of drug-likeness (QED) is 0.782. The molecule has 2 unspecified atom stereocenters. The third-order valence-electron chi connectivity index (χ3n) is 4.32. The lowest BCUT2D eigenvalue weighted by Gasteiger charge is -2.21. The monoisotopic (exact) mass is 293 g/mol. The Morgan fingerprint density at radius 3 is 2.95 bits per heavy atom. The first-order chi connectivity index (χ1) is 10.2. The summed E-state index contributed by atoms with van der Waals surface area (Å²) in [5, 5.41) is 3.63. The molecule has 2 rings (SSSR count). The van der Waals surface area contributed by atoms with Crippen molar-refractivity contribution in [3.63, 3.8) is 0 Å². The molecular formula is C18H28FNO. The van der Waals surface area contributed by atoms with Gasteiger partial charge in [0.2, 0.25) is 0 Å². The van der Waals surface area contributed by atoms with E-state index in [2.05, 4.69) is 12.2 Å². The molecule has 1 N–H and O–H groups in total. The van der Waals surface area contributed by atoms with Crippen molar-refractivity contribution in [3.8, 4) is 0 Å². The van der Waals surface area contributed by atoms with Gasteiger partial charge < -0.3 is 10.1 Å². The van der Waals surface area contributed by atoms with E-state index in [-0.39, 0.29) is 5.82 Å². The molecule has 2 nitrogen and oxygen atoms in total. The average Bonchev–Trinajstić information content (AvgIpc) is 2.97. The van der Waals surface area contributed by atoms with E-state index < -0.39 is 0 Å². The Hall–Kier alpha value is -0.930. The summed E-state index contributed by atoms with van der Waals surface area (Å²) in [5.41, 5.74) is 2.30. The highest BCUT2D eigenvalue weighted by atomic mass is 19.1. The number of benzene rings is 1. The molecule has 0 aromatic heterocycles. The Morgan fingerprint density at radius 2 is 2.29 bits per heavy atom. The van der Waals surface area contributed by atoms with Gasteiger partial charge in [-0.05, 0) is 75.3 Å². The summed E-state index contributed by atoms with van der Waals surface area (Å²) in [5.74, 6) is -0.145. The lowest BCUT2D eigenvalue weighted by molar-refractivity contribution is 0.0995. The van der Waals surface area contributed by atoms with E-state index in [9.17, 15) is 4.39 Å². The van der Waals surface area contributed by atoms with Gasteiger partial charge in [0, 0.05) is 12.6 Å². The average molecular weight is 293 g/mol. The predicted molar refractivity (Wildman–Crippen MR) is 85.1 cm³/mol. The second-order valence-electron chi connectivity index (χ2n) is 6.14. The van der Waals surface area contributed by atoms with Crippen LogP contribution in [-0.2, 0) is 11.2 Å². The van der Waals surface area contributed by atoms with Crippen molar-refractivity contribution in [2.75, 3.05) is 13.2 Å². The maximum atomic E-state index is 13.2. The van der Waals surface area contributed by atoms with Gasteiger partial charge in [-0.1, -0.05) is 13.0 Å². The van der Waals surface area contributed by atoms with E-state index in [1.54, 1.807) is 12.1 Å². The van der Waals surface area contributed by atoms with Gasteiger partial charge in [0.05, 0.1) is 6.10 Å². The summed E-state index contributed by atoms with van der Waals surface area (Å²) in [6.07, 6.45) is 7.22. The number of nitrogens with one attached hydrogen (secondary N) is 1. The number of hydrogen-bond donors (Lipinski definition) is 1. The van der Waals surface area contributed by atoms with Crippen LogP contribution >= 0.6 is 0 Å². The zero-order valence-electron chi connectivity index (χ0n) is 13.3. The van der Waals surface area contributed by atoms with Crippen molar-refractivity contribution < 1.29 is 9.13 Å². The largest absolute Gasteiger partial charge is 0.378 e. The highest BCUT2D eigenvalue weighted by Crippen LogP contribution is 2.20. The molecule has 3 heteroatoms. The van der Waals surface area contributed by atoms with Crippen LogP contribution in [0, 0.1) is 12.7 Å². The topological polar surface area (TPSA) is 21.3 Å². The molecule has 1 saturated heterocycles. The van der Waals surface area contributed by atoms with Gasteiger partial charge in [-0.2, -0.15) is 0 Å². The Labute approximate surface area is 128 Å². The smallest absolute Gasteiger partial charge is 0.123 e. The summed E-state index contributed by atoms with van der Waals surface area (Å²) in [4.78, 5) is 0. The minimum atomic E-state index is -0.145. The Morgan fingerprint density at radius 1 is 1.43 bits per heavy atom. The molecule has 2 atom stereocenters. The number of ether oxygens (including phenoxy) is 1. The van der Waals surface area contributed by atoms with Crippen LogP contribution in [0.4, 0.5) is 4.39 Å². The third-order valence-corrected chi connectivity index (χ3v) is 4.32. The van der Waals surface area contributed by atoms with Crippen molar-refractivity contribution in [1.82, 2.24) is 5.32 Å². The van der Waals surface area contributed by atoms with Crippen LogP contribution in [0.3, 0.4) is 0 Å². The Bertz CT molecular complexity index is 429. The molecule has 1 aliphatic rings. The molecule has 1 heterocycles. The molecule has 0 radical (unpaired) electrons. The molecule has 1 aliphatic heterocycles. The molecule has 21 heavy (non-hydrogen) atoms. The van der Waals surface area contributed by atoms with Gasteiger partial charge in [-0.3, -0.25) is 0 Å². The van der Waals surface area contributed by atoms with E-state index in [1.165, 1.54) is 18.4 Å². The number of aryl methyl sites for hydroxylation is 1. The second-order valence-corrected chi connectivity index (χ2v) is 6.14. The SMILES string of the molecule is CCCNC(CCC1CCCO1)Cc1ccc(F)cc1C. The van der Waals surface area contributed by atoms with Crippen molar-refractivity contribution in [2.45, 2.75) is 64.5 Å². The first-order valence-corrected chi connectivity index (χ1v) is 8.29. The van der Waals surface area contributed by atoms with Crippen LogP contribution in [0.15, 0.2) is 18.2 Å². The van der Waals surface area contributed by atoms with Crippen LogP contribution in [0.5, 0.6) is 0 Å². The van der Waals surface area contributed by atoms with Crippen LogP contribution < -0.4 is 5.32 Å². The minimum absolute atomic E-state index is 0.145. The summed E-state index contributed by atoms with van der Waals surface area (Å²) < 4.78 is 18.9. The fourth-order valence-corrected chi connectivity index (χ4v) is 3.04. The lowest BCUT2D eigenvalue weighted by atomic mass is 9.96. The highest BCUT2D eigenvalue weighted by Gasteiger charge is 2.18. The standard InChI is InChI=1S/C18H28FNO/c1-3-10-20-17(8-9-18-5-4-11-21-18)13-15-6-7-16(19)12-14(15)2/h6-7,12,17-18,20H,3-5,8-11,13H2,1-2H3. The first-order valence-electron chi connectivity index (χ1n) is 8.29. The van der Waals surface area contributed by atoms with Gasteiger partial charge in [0.25, 0.3) is 0 Å². The molecule has 1 aromatic carbocycles. The van der Waals surface area contributed by atoms with Crippen LogP contribution in [0.1, 0.15) is 50.2 Å². The maximum absolute atomic E-state index is 13.2. The van der Waals surface area contributed by atoms with Crippen molar-refractivity contribution in [1.29, 1.82) is 0 Å². The normalized spacial score (nSPS) is 19.9. The van der Waals surface area contributed by atoms with Gasteiger partial charge in [0.1, 0.15) is 5.82 Å². The summed E-state index contributed by atoms with van der Waals surface area (Å²) in [6, 6.07) is 5.58. The van der Waals surface area contributed by atoms with Crippen LogP contribution in [0.2, 0.25) is 0 Å². The lowest BCUT2D eigenvalue weighted by Crippen LogP contribution is -2.33. The van der Waals surface area contributed by atoms with E-state index in [4.69, 9.17) is 4.74 Å². The molecule has 0 bridgehead atoms. The number of rotatable bonds is 8. The molecule has 0 aliphatic carbocycles. The highest BCUT2D eigenvalue weighted by molar-refractivity contribution is 5.27. The minimum Gasteiger partial charge on any atom is -0.378 e. The van der Waals surface area contributed by atoms with Crippen LogP contribution in [-0.4, -0.2) is 25.3 Å². The molecule has 1 aromatic rings. The zero-order valence-corrected chi connectivity index (χ0v) is 13.3. The Balaban J connectivity index is 1.90. The fourth-order valence-electron chi connectivity index (χ4n) is 3.04.